The van der Waals surface area contributed by atoms with Crippen LogP contribution >= 0.6 is 0 Å². The topological polar surface area (TPSA) is 80.6 Å². The zero-order valence-electron chi connectivity index (χ0n) is 17.1. The summed E-state index contributed by atoms with van der Waals surface area (Å²) in [4.78, 5) is 11.1. The fraction of sp³-hybridized carbons (Fsp3) is 0.333. The standard InChI is InChI=1S/C21H25N5O3S/c1-3-29-19-7-6-18(14-17(19)2)30(27,28)26-12-10-25(11-13-26)21-15-20(22-16-23-21)24-8-4-5-9-24/h4-9,14-16H,3,10-13H2,1-2H3. The number of piperazine rings is 1. The first-order valence-corrected chi connectivity index (χ1v) is 11.4. The smallest absolute Gasteiger partial charge is 0.243 e. The third kappa shape index (κ3) is 4.03. The van der Waals surface area contributed by atoms with Crippen LogP contribution in [0.2, 0.25) is 0 Å². The van der Waals surface area contributed by atoms with Crippen LogP contribution in [0, 0.1) is 6.92 Å². The Kier molecular flexibility index (Phi) is 5.74. The van der Waals surface area contributed by atoms with Gasteiger partial charge in [-0.2, -0.15) is 4.31 Å². The monoisotopic (exact) mass is 427 g/mol. The lowest BCUT2D eigenvalue weighted by Gasteiger charge is -2.34. The van der Waals surface area contributed by atoms with E-state index >= 15 is 0 Å². The van der Waals surface area contributed by atoms with Gasteiger partial charge in [0.15, 0.2) is 0 Å². The van der Waals surface area contributed by atoms with E-state index in [-0.39, 0.29) is 0 Å². The van der Waals surface area contributed by atoms with E-state index in [9.17, 15) is 8.42 Å². The molecule has 2 aromatic heterocycles. The summed E-state index contributed by atoms with van der Waals surface area (Å²) in [5.74, 6) is 2.29. The quantitative estimate of drug-likeness (QED) is 0.601. The SMILES string of the molecule is CCOc1ccc(S(=O)(=O)N2CCN(c3cc(-n4cccc4)ncn3)CC2)cc1C. The maximum atomic E-state index is 13.1. The second kappa shape index (κ2) is 8.45. The molecule has 4 rings (SSSR count). The van der Waals surface area contributed by atoms with Crippen molar-refractivity contribution in [1.29, 1.82) is 0 Å². The van der Waals surface area contributed by atoms with Gasteiger partial charge in [0.1, 0.15) is 23.7 Å². The molecular weight excluding hydrogens is 402 g/mol. The van der Waals surface area contributed by atoms with Crippen LogP contribution in [0.3, 0.4) is 0 Å². The second-order valence-electron chi connectivity index (χ2n) is 7.08. The summed E-state index contributed by atoms with van der Waals surface area (Å²) in [5.41, 5.74) is 0.815. The average molecular weight is 428 g/mol. The normalized spacial score (nSPS) is 15.3. The molecular formula is C21H25N5O3S. The van der Waals surface area contributed by atoms with Crippen LogP contribution in [-0.4, -0.2) is 60.0 Å². The number of nitrogens with zero attached hydrogens (tertiary/aromatic N) is 5. The van der Waals surface area contributed by atoms with Gasteiger partial charge in [0.2, 0.25) is 10.0 Å². The largest absolute Gasteiger partial charge is 0.494 e. The molecule has 0 radical (unpaired) electrons. The molecule has 0 aliphatic carbocycles. The van der Waals surface area contributed by atoms with E-state index in [0.717, 1.165) is 17.2 Å². The van der Waals surface area contributed by atoms with Gasteiger partial charge in [-0.05, 0) is 49.7 Å². The second-order valence-corrected chi connectivity index (χ2v) is 9.01. The zero-order valence-corrected chi connectivity index (χ0v) is 17.9. The molecule has 0 unspecified atom stereocenters. The van der Waals surface area contributed by atoms with E-state index < -0.39 is 10.0 Å². The number of aromatic nitrogens is 3. The number of benzene rings is 1. The molecule has 3 aromatic rings. The van der Waals surface area contributed by atoms with E-state index in [4.69, 9.17) is 4.74 Å². The highest BCUT2D eigenvalue weighted by atomic mass is 32.2. The van der Waals surface area contributed by atoms with Gasteiger partial charge in [0, 0.05) is 44.6 Å². The Morgan fingerprint density at radius 3 is 2.37 bits per heavy atom. The van der Waals surface area contributed by atoms with E-state index in [0.29, 0.717) is 43.4 Å². The molecule has 0 spiro atoms. The lowest BCUT2D eigenvalue weighted by atomic mass is 10.2. The fourth-order valence-electron chi connectivity index (χ4n) is 3.54. The van der Waals surface area contributed by atoms with Crippen molar-refractivity contribution in [3.8, 4) is 11.6 Å². The van der Waals surface area contributed by atoms with Crippen molar-refractivity contribution < 1.29 is 13.2 Å². The third-order valence-corrected chi connectivity index (χ3v) is 7.05. The van der Waals surface area contributed by atoms with Crippen LogP contribution in [0.15, 0.2) is 60.0 Å². The molecule has 0 bridgehead atoms. The van der Waals surface area contributed by atoms with Crippen LogP contribution in [0.25, 0.3) is 5.82 Å². The fourth-order valence-corrected chi connectivity index (χ4v) is 5.05. The summed E-state index contributed by atoms with van der Waals surface area (Å²) >= 11 is 0. The Balaban J connectivity index is 1.47. The Hall–Kier alpha value is -2.91. The van der Waals surface area contributed by atoms with Crippen LogP contribution in [0.4, 0.5) is 5.82 Å². The highest BCUT2D eigenvalue weighted by Gasteiger charge is 2.29. The summed E-state index contributed by atoms with van der Waals surface area (Å²) in [7, 11) is -3.55. The summed E-state index contributed by atoms with van der Waals surface area (Å²) in [6.45, 7) is 6.25. The van der Waals surface area contributed by atoms with E-state index in [1.165, 1.54) is 10.6 Å². The first-order chi connectivity index (χ1) is 14.5. The molecule has 0 saturated carbocycles. The number of rotatable bonds is 6. The number of hydrogen-bond acceptors (Lipinski definition) is 6. The van der Waals surface area contributed by atoms with Crippen molar-refractivity contribution >= 4 is 15.8 Å². The van der Waals surface area contributed by atoms with Gasteiger partial charge in [0.25, 0.3) is 0 Å². The number of hydrogen-bond donors (Lipinski definition) is 0. The highest BCUT2D eigenvalue weighted by molar-refractivity contribution is 7.89. The zero-order chi connectivity index (χ0) is 21.1. The van der Waals surface area contributed by atoms with E-state index in [1.807, 2.05) is 49.0 Å². The molecule has 1 aliphatic heterocycles. The summed E-state index contributed by atoms with van der Waals surface area (Å²) < 4.78 is 35.2. The third-order valence-electron chi connectivity index (χ3n) is 5.15. The van der Waals surface area contributed by atoms with Crippen LogP contribution in [0.5, 0.6) is 5.75 Å². The van der Waals surface area contributed by atoms with E-state index in [2.05, 4.69) is 14.9 Å². The van der Waals surface area contributed by atoms with Crippen molar-refractivity contribution in [1.82, 2.24) is 18.8 Å². The minimum absolute atomic E-state index is 0.300. The van der Waals surface area contributed by atoms with Crippen LogP contribution in [-0.2, 0) is 10.0 Å². The molecule has 30 heavy (non-hydrogen) atoms. The first kappa shape index (κ1) is 20.4. The minimum atomic E-state index is -3.55. The molecule has 0 amide bonds. The van der Waals surface area contributed by atoms with E-state index in [1.54, 1.807) is 18.2 Å². The molecule has 1 aliphatic rings. The molecule has 1 saturated heterocycles. The predicted octanol–water partition coefficient (Wildman–Crippen LogP) is 2.49. The van der Waals surface area contributed by atoms with Gasteiger partial charge in [0.05, 0.1) is 11.5 Å². The summed E-state index contributed by atoms with van der Waals surface area (Å²) in [6.07, 6.45) is 5.39. The van der Waals surface area contributed by atoms with Gasteiger partial charge in [-0.15, -0.1) is 0 Å². The molecule has 9 heteroatoms. The molecule has 1 aromatic carbocycles. The first-order valence-electron chi connectivity index (χ1n) is 9.93. The molecule has 8 nitrogen and oxygen atoms in total. The molecule has 0 N–H and O–H groups in total. The van der Waals surface area contributed by atoms with Gasteiger partial charge >= 0.3 is 0 Å². The lowest BCUT2D eigenvalue weighted by Crippen LogP contribution is -2.49. The maximum absolute atomic E-state index is 13.1. The van der Waals surface area contributed by atoms with Gasteiger partial charge < -0.3 is 14.2 Å². The lowest BCUT2D eigenvalue weighted by molar-refractivity contribution is 0.337. The summed E-state index contributed by atoms with van der Waals surface area (Å²) in [6, 6.07) is 10.8. The average Bonchev–Trinajstić information content (AvgIpc) is 3.30. The number of sulfonamides is 1. The van der Waals surface area contributed by atoms with Crippen molar-refractivity contribution in [3.05, 3.63) is 60.7 Å². The highest BCUT2D eigenvalue weighted by Crippen LogP contribution is 2.25. The number of aryl methyl sites for hydroxylation is 1. The predicted molar refractivity (Wildman–Crippen MR) is 115 cm³/mol. The van der Waals surface area contributed by atoms with Gasteiger partial charge in [-0.3, -0.25) is 0 Å². The number of anilines is 1. The van der Waals surface area contributed by atoms with Crippen molar-refractivity contribution in [2.75, 3.05) is 37.7 Å². The van der Waals surface area contributed by atoms with Crippen LogP contribution in [0.1, 0.15) is 12.5 Å². The number of ether oxygens (including phenoxy) is 1. The molecule has 0 atom stereocenters. The van der Waals surface area contributed by atoms with Crippen molar-refractivity contribution in [3.63, 3.8) is 0 Å². The van der Waals surface area contributed by atoms with Crippen molar-refractivity contribution in [2.45, 2.75) is 18.7 Å². The molecule has 3 heterocycles. The Labute approximate surface area is 176 Å². The van der Waals surface area contributed by atoms with Crippen molar-refractivity contribution in [2.24, 2.45) is 0 Å². The summed E-state index contributed by atoms with van der Waals surface area (Å²) in [5, 5.41) is 0. The molecule has 158 valence electrons. The maximum Gasteiger partial charge on any atom is 0.243 e. The molecule has 1 fully saturated rings. The minimum Gasteiger partial charge on any atom is -0.494 e. The Morgan fingerprint density at radius 2 is 1.70 bits per heavy atom. The Bertz CT molecular complexity index is 1110. The van der Waals surface area contributed by atoms with Crippen LogP contribution < -0.4 is 9.64 Å². The van der Waals surface area contributed by atoms with Gasteiger partial charge in [-0.25, -0.2) is 18.4 Å². The Morgan fingerprint density at radius 1 is 1.00 bits per heavy atom. The van der Waals surface area contributed by atoms with Gasteiger partial charge in [-0.1, -0.05) is 0 Å².